The van der Waals surface area contributed by atoms with E-state index in [1.165, 1.54) is 0 Å². The maximum atomic E-state index is 8.55. The van der Waals surface area contributed by atoms with E-state index >= 15 is 0 Å². The molecule has 0 atom stereocenters. The van der Waals surface area contributed by atoms with Crippen LogP contribution in [0.2, 0.25) is 0 Å². The van der Waals surface area contributed by atoms with Crippen LogP contribution in [0.1, 0.15) is 0 Å². The summed E-state index contributed by atoms with van der Waals surface area (Å²) in [4.78, 5) is 51.3. The molecule has 0 aliphatic rings. The summed E-state index contributed by atoms with van der Waals surface area (Å²) in [5.41, 5.74) is 0. The van der Waals surface area contributed by atoms with Crippen LogP contribution in [-0.4, -0.2) is 27.4 Å². The van der Waals surface area contributed by atoms with Gasteiger partial charge in [-0.3, -0.25) is 0 Å². The quantitative estimate of drug-likeness (QED) is 0.268. The zero-order chi connectivity index (χ0) is 9.00. The Morgan fingerprint density at radius 3 is 0.381 bits per heavy atom. The van der Waals surface area contributed by atoms with Crippen LogP contribution in [0.3, 0.4) is 0 Å². The van der Waals surface area contributed by atoms with E-state index in [0.717, 1.165) is 0 Å². The number of phosphoric acid groups is 2. The molecule has 0 heterocycles. The van der Waals surface area contributed by atoms with Gasteiger partial charge >= 0.3 is 177 Å². The predicted molar refractivity (Wildman–Crippen MR) is 33.3 cm³/mol. The van der Waals surface area contributed by atoms with Crippen LogP contribution in [0.5, 0.6) is 0 Å². The Balaban J connectivity index is -0.00000000364. The third kappa shape index (κ3) is 414. The molecule has 0 fully saturated rings. The Morgan fingerprint density at radius 2 is 0.381 bits per heavy atom. The van der Waals surface area contributed by atoms with Crippen molar-refractivity contribution >= 4 is 15.6 Å². The van der Waals surface area contributed by atoms with Crippen molar-refractivity contribution in [2.24, 2.45) is 0 Å². The van der Waals surface area contributed by atoms with Crippen molar-refractivity contribution in [1.82, 2.24) is 0 Å². The molecule has 0 rings (SSSR count). The second kappa shape index (κ2) is 50.2. The van der Waals surface area contributed by atoms with Crippen molar-refractivity contribution in [3.05, 3.63) is 0 Å². The molecule has 0 saturated carbocycles. The summed E-state index contributed by atoms with van der Waals surface area (Å²) in [5, 5.41) is 0. The van der Waals surface area contributed by atoms with Gasteiger partial charge in [0.15, 0.2) is 0 Å². The Labute approximate surface area is 253 Å². The molecule has 0 aliphatic heterocycles. The molecule has 0 saturated heterocycles. The molecular formula is H10Na6O13P2. The van der Waals surface area contributed by atoms with Crippen molar-refractivity contribution in [1.29, 1.82) is 0 Å². The minimum Gasteiger partial charge on any atom is -0.822 e. The molecule has 104 valence electrons. The summed E-state index contributed by atoms with van der Waals surface area (Å²) in [6.45, 7) is 0. The van der Waals surface area contributed by atoms with Crippen LogP contribution in [0.25, 0.3) is 0 Å². The molecule has 13 nitrogen and oxygen atoms in total. The molecule has 0 radical (unpaired) electrons. The summed E-state index contributed by atoms with van der Waals surface area (Å²) in [7, 11) is -10.8. The van der Waals surface area contributed by atoms with Gasteiger partial charge in [-0.05, 0) is 0 Å². The molecule has 0 amide bonds. The first-order chi connectivity index (χ1) is 4.00. The fourth-order valence-corrected chi connectivity index (χ4v) is 0. The van der Waals surface area contributed by atoms with Gasteiger partial charge < -0.3 is 65.9 Å². The van der Waals surface area contributed by atoms with Crippen molar-refractivity contribution in [2.45, 2.75) is 0 Å². The minimum absolute atomic E-state index is 0. The molecule has 0 aromatic heterocycles. The van der Waals surface area contributed by atoms with Gasteiger partial charge in [0.25, 0.3) is 0 Å². The smallest absolute Gasteiger partial charge is 0.822 e. The Kier molecular flexibility index (Phi) is 222. The zero-order valence-electron chi connectivity index (χ0n) is 12.7. The molecule has 0 aliphatic carbocycles. The van der Waals surface area contributed by atoms with Crippen LogP contribution in [0.15, 0.2) is 0 Å². The topological polar surface area (TPSA) is 330 Å². The van der Waals surface area contributed by atoms with E-state index in [1.807, 2.05) is 0 Å². The Morgan fingerprint density at radius 1 is 0.381 bits per heavy atom. The van der Waals surface area contributed by atoms with Crippen molar-refractivity contribution in [2.75, 3.05) is 0 Å². The molecule has 0 bridgehead atoms. The Hall–Kier alpha value is 6.02. The van der Waals surface area contributed by atoms with Gasteiger partial charge in [-0.1, -0.05) is 0 Å². The first-order valence-corrected chi connectivity index (χ1v) is 4.38. The van der Waals surface area contributed by atoms with Gasteiger partial charge in [-0.2, -0.15) is 15.6 Å². The summed E-state index contributed by atoms with van der Waals surface area (Å²) >= 11 is 0. The number of rotatable bonds is 0. The molecule has 0 spiro atoms. The summed E-state index contributed by atoms with van der Waals surface area (Å²) < 4.78 is 17.1. The van der Waals surface area contributed by atoms with E-state index in [4.69, 9.17) is 38.5 Å². The maximum absolute atomic E-state index is 8.55. The van der Waals surface area contributed by atoms with Crippen LogP contribution in [-0.2, 0) is 9.13 Å². The number of hydrogen-bond donors (Lipinski definition) is 0. The van der Waals surface area contributed by atoms with E-state index in [1.54, 1.807) is 0 Å². The molecule has 0 aromatic rings. The molecule has 10 N–H and O–H groups in total. The van der Waals surface area contributed by atoms with Crippen molar-refractivity contribution in [3.8, 4) is 0 Å². The molecule has 0 unspecified atom stereocenters. The summed E-state index contributed by atoms with van der Waals surface area (Å²) in [6, 6.07) is 0. The SMILES string of the molecule is O.O.O.O.O.O=P([O-])([O-])[O-].O=P([O-])([O-])[O-].[Na+].[Na+].[Na+].[Na+].[Na+].[Na+]. The summed E-state index contributed by atoms with van der Waals surface area (Å²) in [5.74, 6) is 0. The molecule has 0 aromatic carbocycles. The normalized spacial score (nSPS) is 5.62. The van der Waals surface area contributed by atoms with Gasteiger partial charge in [-0.25, -0.2) is 0 Å². The van der Waals surface area contributed by atoms with Gasteiger partial charge in [-0.15, -0.1) is 0 Å². The average molecular weight is 418 g/mol. The third-order valence-electron chi connectivity index (χ3n) is 0. The molecule has 21 heteroatoms. The fourth-order valence-electron chi connectivity index (χ4n) is 0. The fraction of sp³-hybridized carbons (Fsp3) is 0. The average Bonchev–Trinajstić information content (AvgIpc) is 1.12. The second-order valence-electron chi connectivity index (χ2n) is 0.894. The number of hydrogen-bond acceptors (Lipinski definition) is 8. The van der Waals surface area contributed by atoms with Crippen LogP contribution in [0.4, 0.5) is 0 Å². The van der Waals surface area contributed by atoms with E-state index in [9.17, 15) is 0 Å². The van der Waals surface area contributed by atoms with Gasteiger partial charge in [0.1, 0.15) is 0 Å². The first kappa shape index (κ1) is 93.1. The van der Waals surface area contributed by atoms with E-state index < -0.39 is 15.6 Å². The van der Waals surface area contributed by atoms with Crippen LogP contribution in [0, 0.1) is 0 Å². The van der Waals surface area contributed by atoms with Gasteiger partial charge in [0.05, 0.1) is 0 Å². The van der Waals surface area contributed by atoms with Crippen molar-refractivity contribution in [3.63, 3.8) is 0 Å². The Bertz CT molecular complexity index is 139. The zero-order valence-corrected chi connectivity index (χ0v) is 26.4. The van der Waals surface area contributed by atoms with Gasteiger partial charge in [0.2, 0.25) is 0 Å². The third-order valence-corrected chi connectivity index (χ3v) is 0. The first-order valence-electron chi connectivity index (χ1n) is 1.46. The van der Waals surface area contributed by atoms with E-state index in [-0.39, 0.29) is 205 Å². The van der Waals surface area contributed by atoms with E-state index in [0.29, 0.717) is 0 Å². The monoisotopic (exact) mass is 418 g/mol. The maximum Gasteiger partial charge on any atom is 1.00 e. The van der Waals surface area contributed by atoms with Crippen LogP contribution < -0.4 is 207 Å². The van der Waals surface area contributed by atoms with Gasteiger partial charge in [0, 0.05) is 0 Å². The van der Waals surface area contributed by atoms with Crippen molar-refractivity contribution < 1.29 is 243 Å². The second-order valence-corrected chi connectivity index (χ2v) is 2.68. The predicted octanol–water partition coefficient (Wildman–Crippen LogP) is -27.7. The standard InChI is InChI=1S/6Na.2H3O4P.5H2O/c;;;;;;2*1-5(2,3)4;;;;;/h;;;;;;2*(H3,1,2,3,4);5*1H2/q6*+1;;;;;;;/p-6. The van der Waals surface area contributed by atoms with E-state index in [2.05, 4.69) is 0 Å². The minimum atomic E-state index is -5.39. The molecular weight excluding hydrogens is 408 g/mol. The summed E-state index contributed by atoms with van der Waals surface area (Å²) in [6.07, 6.45) is 0. The van der Waals surface area contributed by atoms with Crippen LogP contribution >= 0.6 is 15.6 Å². The largest absolute Gasteiger partial charge is 1.00 e. The molecule has 21 heavy (non-hydrogen) atoms.